The SMILES string of the molecule is CS(=O)(=O)CCON.CS(=O)(=O)CCONC(N)=NN.CSC(N)=NN.Cl.I. The van der Waals surface area contributed by atoms with Crippen molar-refractivity contribution in [1.82, 2.24) is 5.48 Å². The Hall–Kier alpha value is -0.510. The number of nitrogens with zero attached hydrogens (tertiary/aromatic N) is 2. The molecule has 0 bridgehead atoms. The van der Waals surface area contributed by atoms with Crippen molar-refractivity contribution in [1.29, 1.82) is 0 Å². The van der Waals surface area contributed by atoms with Crippen LogP contribution in [0.25, 0.3) is 0 Å². The minimum Gasteiger partial charge on any atom is -0.377 e. The van der Waals surface area contributed by atoms with Gasteiger partial charge >= 0.3 is 0 Å². The maximum Gasteiger partial charge on any atom is 0.234 e. The van der Waals surface area contributed by atoms with Gasteiger partial charge < -0.3 is 28.0 Å². The summed E-state index contributed by atoms with van der Waals surface area (Å²) in [7, 11) is -5.90. The van der Waals surface area contributed by atoms with Crippen LogP contribution in [0.1, 0.15) is 0 Å². The van der Waals surface area contributed by atoms with E-state index >= 15 is 0 Å². The van der Waals surface area contributed by atoms with E-state index in [-0.39, 0.29) is 67.1 Å². The van der Waals surface area contributed by atoms with Crippen LogP contribution >= 0.6 is 48.1 Å². The molecule has 11 N–H and O–H groups in total. The van der Waals surface area contributed by atoms with Crippen LogP contribution in [0.3, 0.4) is 0 Å². The molecular formula is C9H30ClIN8O6S3. The molecule has 0 aromatic heterocycles. The summed E-state index contributed by atoms with van der Waals surface area (Å²) < 4.78 is 41.6. The first kappa shape index (κ1) is 38.1. The zero-order valence-electron chi connectivity index (χ0n) is 15.6. The predicted molar refractivity (Wildman–Crippen MR) is 126 cm³/mol. The number of thioether (sulfide) groups is 1. The molecule has 0 aliphatic carbocycles. The Morgan fingerprint density at radius 2 is 1.43 bits per heavy atom. The number of nitrogens with two attached hydrogens (primary N) is 5. The Morgan fingerprint density at radius 3 is 1.64 bits per heavy atom. The van der Waals surface area contributed by atoms with Crippen molar-refractivity contribution in [3.63, 3.8) is 0 Å². The molecule has 0 aromatic carbocycles. The minimum absolute atomic E-state index is 0. The molecule has 0 amide bonds. The number of hydrazone groups is 2. The molecule has 0 heterocycles. The lowest BCUT2D eigenvalue weighted by Gasteiger charge is -2.03. The molecule has 0 aliphatic rings. The van der Waals surface area contributed by atoms with E-state index in [1.165, 1.54) is 11.8 Å². The van der Waals surface area contributed by atoms with Crippen LogP contribution in [0.15, 0.2) is 10.2 Å². The normalized spacial score (nSPS) is 11.4. The quantitative estimate of drug-likeness (QED) is 0.0430. The fourth-order valence-corrected chi connectivity index (χ4v) is 1.49. The van der Waals surface area contributed by atoms with Gasteiger partial charge in [-0.3, -0.25) is 4.84 Å². The maximum atomic E-state index is 10.6. The fourth-order valence-electron chi connectivity index (χ4n) is 0.597. The van der Waals surface area contributed by atoms with Crippen LogP contribution in [0.4, 0.5) is 0 Å². The smallest absolute Gasteiger partial charge is 0.234 e. The standard InChI is InChI=1S/C4H12N4O3S.C3H9NO3S.C2H7N3S.ClH.HI/c1-12(9,10)3-2-11-8-4(5)7-6;1-8(5,6)3-2-7-4;1-6-2(3)5-4;;/h2-3,6H2,1H3,(H3,5,7,8);2-4H2,1H3;4H2,1H3,(H2,3,5);2*1H. The molecule has 0 atom stereocenters. The highest BCUT2D eigenvalue weighted by atomic mass is 127. The number of guanidine groups is 1. The van der Waals surface area contributed by atoms with Gasteiger partial charge in [-0.1, -0.05) is 11.8 Å². The number of hydroxylamine groups is 1. The zero-order chi connectivity index (χ0) is 21.2. The maximum absolute atomic E-state index is 10.6. The Labute approximate surface area is 192 Å². The van der Waals surface area contributed by atoms with Crippen LogP contribution in [-0.2, 0) is 29.3 Å². The van der Waals surface area contributed by atoms with E-state index in [9.17, 15) is 16.8 Å². The van der Waals surface area contributed by atoms with Gasteiger partial charge in [0.05, 0.1) is 24.7 Å². The van der Waals surface area contributed by atoms with Crippen molar-refractivity contribution < 1.29 is 26.5 Å². The van der Waals surface area contributed by atoms with Crippen molar-refractivity contribution in [2.45, 2.75) is 0 Å². The van der Waals surface area contributed by atoms with Crippen molar-refractivity contribution in [3.05, 3.63) is 0 Å². The summed E-state index contributed by atoms with van der Waals surface area (Å²) in [6, 6.07) is 0. The van der Waals surface area contributed by atoms with Gasteiger partial charge in [0.1, 0.15) is 19.7 Å². The number of halogens is 2. The Balaban J connectivity index is -0.0000000970. The third-order valence-corrected chi connectivity index (χ3v) is 4.12. The lowest BCUT2D eigenvalue weighted by atomic mass is 10.9. The topological polar surface area (TPSA) is 254 Å². The molecule has 0 radical (unpaired) electrons. The first-order chi connectivity index (χ1) is 11.8. The van der Waals surface area contributed by atoms with Crippen molar-refractivity contribution in [2.24, 2.45) is 39.3 Å². The van der Waals surface area contributed by atoms with E-state index in [0.717, 1.165) is 12.5 Å². The highest BCUT2D eigenvalue weighted by Crippen LogP contribution is 1.85. The van der Waals surface area contributed by atoms with Crippen molar-refractivity contribution in [3.8, 4) is 0 Å². The van der Waals surface area contributed by atoms with Gasteiger partial charge in [-0.2, -0.15) is 5.10 Å². The molecule has 0 spiro atoms. The second kappa shape index (κ2) is 22.8. The van der Waals surface area contributed by atoms with Crippen LogP contribution in [0.2, 0.25) is 0 Å². The summed E-state index contributed by atoms with van der Waals surface area (Å²) in [5.74, 6) is 13.8. The molecule has 0 saturated carbocycles. The summed E-state index contributed by atoms with van der Waals surface area (Å²) in [6.07, 6.45) is 4.05. The van der Waals surface area contributed by atoms with E-state index in [1.54, 1.807) is 0 Å². The van der Waals surface area contributed by atoms with Crippen molar-refractivity contribution >= 4 is 78.9 Å². The molecule has 0 aliphatic heterocycles. The third kappa shape index (κ3) is 44.7. The minimum atomic E-state index is -3.01. The first-order valence-electron chi connectivity index (χ1n) is 6.48. The van der Waals surface area contributed by atoms with Gasteiger partial charge in [-0.25, -0.2) is 28.2 Å². The summed E-state index contributed by atoms with van der Waals surface area (Å²) in [5, 5.41) is 6.61. The van der Waals surface area contributed by atoms with Crippen LogP contribution < -0.4 is 34.5 Å². The molecule has 0 unspecified atom stereocenters. The lowest BCUT2D eigenvalue weighted by Crippen LogP contribution is -2.33. The average molecular weight is 605 g/mol. The van der Waals surface area contributed by atoms with Gasteiger partial charge in [0, 0.05) is 12.5 Å². The number of amidine groups is 1. The first-order valence-corrected chi connectivity index (χ1v) is 11.8. The number of hydrogen-bond donors (Lipinski definition) is 6. The van der Waals surface area contributed by atoms with Crippen LogP contribution in [0.5, 0.6) is 0 Å². The third-order valence-electron chi connectivity index (χ3n) is 1.78. The molecule has 14 nitrogen and oxygen atoms in total. The second-order valence-electron chi connectivity index (χ2n) is 4.27. The molecule has 0 rings (SSSR count). The molecular weight excluding hydrogens is 575 g/mol. The Bertz CT molecular complexity index is 619. The highest BCUT2D eigenvalue weighted by Gasteiger charge is 2.01. The summed E-state index contributed by atoms with van der Waals surface area (Å²) in [4.78, 5) is 8.64. The van der Waals surface area contributed by atoms with Gasteiger partial charge in [-0.15, -0.1) is 41.5 Å². The summed E-state index contributed by atoms with van der Waals surface area (Å²) >= 11 is 1.33. The number of hydrogen-bond acceptors (Lipinski definition) is 12. The molecule has 174 valence electrons. The van der Waals surface area contributed by atoms with E-state index < -0.39 is 19.7 Å². The van der Waals surface area contributed by atoms with E-state index in [2.05, 4.69) is 31.3 Å². The van der Waals surface area contributed by atoms with Crippen molar-refractivity contribution in [2.75, 3.05) is 43.5 Å². The molecule has 0 saturated heterocycles. The fraction of sp³-hybridized carbons (Fsp3) is 0.778. The zero-order valence-corrected chi connectivity index (χ0v) is 21.2. The van der Waals surface area contributed by atoms with Gasteiger partial charge in [0.2, 0.25) is 5.96 Å². The Kier molecular flexibility index (Phi) is 31.0. The second-order valence-corrected chi connectivity index (χ2v) is 9.61. The monoisotopic (exact) mass is 604 g/mol. The van der Waals surface area contributed by atoms with E-state index in [4.69, 9.17) is 23.2 Å². The highest BCUT2D eigenvalue weighted by molar-refractivity contribution is 14.0. The Morgan fingerprint density at radius 1 is 1.00 bits per heavy atom. The summed E-state index contributed by atoms with van der Waals surface area (Å²) in [5.41, 5.74) is 12.3. The van der Waals surface area contributed by atoms with E-state index in [0.29, 0.717) is 5.17 Å². The molecule has 0 fully saturated rings. The molecule has 19 heteroatoms. The largest absolute Gasteiger partial charge is 0.377 e. The van der Waals surface area contributed by atoms with Crippen LogP contribution in [0, 0.1) is 0 Å². The predicted octanol–water partition coefficient (Wildman–Crippen LogP) is -2.76. The van der Waals surface area contributed by atoms with Gasteiger partial charge in [0.25, 0.3) is 0 Å². The number of rotatable bonds is 7. The molecule has 0 aromatic rings. The van der Waals surface area contributed by atoms with Gasteiger partial charge in [0.15, 0.2) is 5.17 Å². The molecule has 28 heavy (non-hydrogen) atoms. The lowest BCUT2D eigenvalue weighted by molar-refractivity contribution is 0.0972. The summed E-state index contributed by atoms with van der Waals surface area (Å²) in [6.45, 7) is 0.0634. The van der Waals surface area contributed by atoms with Crippen LogP contribution in [-0.4, -0.2) is 71.4 Å². The number of sulfone groups is 2. The average Bonchev–Trinajstić information content (AvgIpc) is 2.55. The van der Waals surface area contributed by atoms with E-state index in [1.807, 2.05) is 6.26 Å². The number of nitrogens with one attached hydrogen (secondary N) is 1. The van der Waals surface area contributed by atoms with Gasteiger partial charge in [-0.05, 0) is 6.26 Å².